The highest BCUT2D eigenvalue weighted by Crippen LogP contribution is 2.33. The number of hydrogen-bond donors (Lipinski definition) is 2. The molecule has 0 atom stereocenters. The molecule has 0 saturated heterocycles. The SMILES string of the molecule is Cc1oc(-c2ccc(Br)cc2)nc1COc1ccc2[nH]cc(C(C)(C)C(=O)O)c2c1. The summed E-state index contributed by atoms with van der Waals surface area (Å²) in [5.41, 5.74) is 2.17. The molecule has 0 aliphatic heterocycles. The zero-order valence-electron chi connectivity index (χ0n) is 16.8. The van der Waals surface area contributed by atoms with E-state index in [9.17, 15) is 9.90 Å². The highest BCUT2D eigenvalue weighted by atomic mass is 79.9. The Kier molecular flexibility index (Phi) is 5.15. The first-order chi connectivity index (χ1) is 14.3. The van der Waals surface area contributed by atoms with Gasteiger partial charge >= 0.3 is 5.97 Å². The molecule has 0 aliphatic rings. The van der Waals surface area contributed by atoms with Crippen LogP contribution in [-0.2, 0) is 16.8 Å². The molecule has 6 nitrogen and oxygen atoms in total. The summed E-state index contributed by atoms with van der Waals surface area (Å²) in [5.74, 6) is 0.999. The Morgan fingerprint density at radius 1 is 1.23 bits per heavy atom. The van der Waals surface area contributed by atoms with Crippen LogP contribution in [0, 0.1) is 6.92 Å². The maximum absolute atomic E-state index is 11.7. The fourth-order valence-electron chi connectivity index (χ4n) is 3.25. The number of oxazole rings is 1. The number of aromatic amines is 1. The number of H-pyrrole nitrogens is 1. The number of benzene rings is 2. The smallest absolute Gasteiger partial charge is 0.313 e. The quantitative estimate of drug-likeness (QED) is 0.371. The highest BCUT2D eigenvalue weighted by Gasteiger charge is 2.32. The van der Waals surface area contributed by atoms with Crippen LogP contribution in [0.1, 0.15) is 30.9 Å². The average molecular weight is 469 g/mol. The van der Waals surface area contributed by atoms with Crippen molar-refractivity contribution in [2.45, 2.75) is 32.8 Å². The second-order valence-corrected chi connectivity index (χ2v) is 8.57. The molecule has 0 fully saturated rings. The molecule has 2 aromatic carbocycles. The van der Waals surface area contributed by atoms with Gasteiger partial charge in [-0.15, -0.1) is 0 Å². The predicted octanol–water partition coefficient (Wildman–Crippen LogP) is 5.84. The van der Waals surface area contributed by atoms with E-state index in [1.54, 1.807) is 20.0 Å². The van der Waals surface area contributed by atoms with Crippen LogP contribution < -0.4 is 4.74 Å². The van der Waals surface area contributed by atoms with Gasteiger partial charge in [-0.1, -0.05) is 15.9 Å². The van der Waals surface area contributed by atoms with Crippen molar-refractivity contribution in [2.24, 2.45) is 0 Å². The lowest BCUT2D eigenvalue weighted by Gasteiger charge is -2.18. The van der Waals surface area contributed by atoms with Gasteiger partial charge in [-0.25, -0.2) is 4.98 Å². The minimum atomic E-state index is -1.01. The molecule has 2 N–H and O–H groups in total. The Bertz CT molecular complexity index is 1220. The van der Waals surface area contributed by atoms with Gasteiger partial charge in [0.15, 0.2) is 0 Å². The van der Waals surface area contributed by atoms with Crippen molar-refractivity contribution in [3.05, 3.63) is 70.2 Å². The van der Waals surface area contributed by atoms with Gasteiger partial charge in [0.1, 0.15) is 23.8 Å². The largest absolute Gasteiger partial charge is 0.487 e. The number of carboxylic acid groups (broad SMARTS) is 1. The lowest BCUT2D eigenvalue weighted by atomic mass is 9.84. The van der Waals surface area contributed by atoms with Crippen LogP contribution in [0.4, 0.5) is 0 Å². The molecule has 0 saturated carbocycles. The van der Waals surface area contributed by atoms with E-state index >= 15 is 0 Å². The van der Waals surface area contributed by atoms with Crippen LogP contribution in [0.15, 0.2) is 57.6 Å². The Morgan fingerprint density at radius 2 is 1.97 bits per heavy atom. The standard InChI is InChI=1S/C23H21BrN2O4/c1-13-20(26-21(30-13)14-4-6-15(24)7-5-14)12-29-16-8-9-19-17(10-16)18(11-25-19)23(2,3)22(27)28/h4-11,25H,12H2,1-3H3,(H,27,28). The van der Waals surface area contributed by atoms with E-state index in [0.717, 1.165) is 20.9 Å². The van der Waals surface area contributed by atoms with Crippen molar-refractivity contribution in [2.75, 3.05) is 0 Å². The molecule has 154 valence electrons. The summed E-state index contributed by atoms with van der Waals surface area (Å²) in [6.45, 7) is 5.48. The Labute approximate surface area is 182 Å². The molecule has 4 rings (SSSR count). The maximum atomic E-state index is 11.7. The summed E-state index contributed by atoms with van der Waals surface area (Å²) in [6.07, 6.45) is 1.74. The summed E-state index contributed by atoms with van der Waals surface area (Å²) < 4.78 is 12.7. The van der Waals surface area contributed by atoms with Crippen molar-refractivity contribution in [1.29, 1.82) is 0 Å². The third-order valence-electron chi connectivity index (χ3n) is 5.22. The Morgan fingerprint density at radius 3 is 2.67 bits per heavy atom. The van der Waals surface area contributed by atoms with Gasteiger partial charge in [-0.3, -0.25) is 4.79 Å². The first kappa shape index (κ1) is 20.2. The zero-order chi connectivity index (χ0) is 21.5. The normalized spacial score (nSPS) is 11.7. The first-order valence-corrected chi connectivity index (χ1v) is 10.2. The molecule has 0 aliphatic carbocycles. The Hall–Kier alpha value is -3.06. The van der Waals surface area contributed by atoms with Crippen LogP contribution in [0.25, 0.3) is 22.4 Å². The number of carbonyl (C=O) groups is 1. The van der Waals surface area contributed by atoms with Gasteiger partial charge < -0.3 is 19.2 Å². The maximum Gasteiger partial charge on any atom is 0.313 e. The van der Waals surface area contributed by atoms with Crippen molar-refractivity contribution < 1.29 is 19.1 Å². The molecule has 30 heavy (non-hydrogen) atoms. The molecule has 0 unspecified atom stereocenters. The van der Waals surface area contributed by atoms with Crippen molar-refractivity contribution >= 4 is 32.8 Å². The third kappa shape index (κ3) is 3.73. The lowest BCUT2D eigenvalue weighted by molar-refractivity contribution is -0.142. The second kappa shape index (κ2) is 7.65. The molecule has 4 aromatic rings. The first-order valence-electron chi connectivity index (χ1n) is 9.46. The number of aliphatic carboxylic acids is 1. The molecule has 0 bridgehead atoms. The van der Waals surface area contributed by atoms with Crippen molar-refractivity contribution in [1.82, 2.24) is 9.97 Å². The highest BCUT2D eigenvalue weighted by molar-refractivity contribution is 9.10. The summed E-state index contributed by atoms with van der Waals surface area (Å²) in [5, 5.41) is 10.4. The number of halogens is 1. The van der Waals surface area contributed by atoms with Crippen molar-refractivity contribution in [3.63, 3.8) is 0 Å². The van der Waals surface area contributed by atoms with Crippen LogP contribution in [0.5, 0.6) is 5.75 Å². The predicted molar refractivity (Wildman–Crippen MR) is 118 cm³/mol. The number of rotatable bonds is 6. The minimum Gasteiger partial charge on any atom is -0.487 e. The second-order valence-electron chi connectivity index (χ2n) is 7.66. The van der Waals surface area contributed by atoms with Crippen LogP contribution >= 0.6 is 15.9 Å². The summed E-state index contributed by atoms with van der Waals surface area (Å²) in [7, 11) is 0. The number of fused-ring (bicyclic) bond motifs is 1. The molecule has 0 radical (unpaired) electrons. The van der Waals surface area contributed by atoms with E-state index in [-0.39, 0.29) is 6.61 Å². The van der Waals surface area contributed by atoms with Crippen molar-refractivity contribution in [3.8, 4) is 17.2 Å². The van der Waals surface area contributed by atoms with Crippen LogP contribution in [-0.4, -0.2) is 21.0 Å². The van der Waals surface area contributed by atoms with Crippen LogP contribution in [0.2, 0.25) is 0 Å². The van der Waals surface area contributed by atoms with Gasteiger partial charge in [0.2, 0.25) is 5.89 Å². The summed E-state index contributed by atoms with van der Waals surface area (Å²) in [6, 6.07) is 13.3. The molecule has 2 aromatic heterocycles. The van der Waals surface area contributed by atoms with E-state index in [4.69, 9.17) is 9.15 Å². The molecule has 7 heteroatoms. The van der Waals surface area contributed by atoms with E-state index in [0.29, 0.717) is 28.7 Å². The zero-order valence-corrected chi connectivity index (χ0v) is 18.4. The lowest BCUT2D eigenvalue weighted by Crippen LogP contribution is -2.28. The van der Waals surface area contributed by atoms with Crippen LogP contribution in [0.3, 0.4) is 0 Å². The number of carboxylic acids is 1. The number of hydrogen-bond acceptors (Lipinski definition) is 4. The van der Waals surface area contributed by atoms with E-state index in [1.807, 2.05) is 49.4 Å². The number of nitrogens with zero attached hydrogens (tertiary/aromatic N) is 1. The topological polar surface area (TPSA) is 88.4 Å². The summed E-state index contributed by atoms with van der Waals surface area (Å²) >= 11 is 3.42. The van der Waals surface area contributed by atoms with Gasteiger partial charge in [-0.05, 0) is 68.8 Å². The number of nitrogens with one attached hydrogen (secondary N) is 1. The minimum absolute atomic E-state index is 0.249. The molecule has 0 spiro atoms. The summed E-state index contributed by atoms with van der Waals surface area (Å²) in [4.78, 5) is 19.4. The van der Waals surface area contributed by atoms with E-state index in [2.05, 4.69) is 25.9 Å². The molecular formula is C23H21BrN2O4. The van der Waals surface area contributed by atoms with E-state index < -0.39 is 11.4 Å². The average Bonchev–Trinajstić information content (AvgIpc) is 3.30. The van der Waals surface area contributed by atoms with Gasteiger partial charge in [0, 0.05) is 27.1 Å². The molecular weight excluding hydrogens is 448 g/mol. The third-order valence-corrected chi connectivity index (χ3v) is 5.75. The molecule has 0 amide bonds. The monoisotopic (exact) mass is 468 g/mol. The van der Waals surface area contributed by atoms with E-state index in [1.165, 1.54) is 0 Å². The van der Waals surface area contributed by atoms with Gasteiger partial charge in [-0.2, -0.15) is 0 Å². The van der Waals surface area contributed by atoms with Gasteiger partial charge in [0.05, 0.1) is 5.41 Å². The number of aromatic nitrogens is 2. The fourth-order valence-corrected chi connectivity index (χ4v) is 3.52. The fraction of sp³-hybridized carbons (Fsp3) is 0.217. The number of ether oxygens (including phenoxy) is 1. The Balaban J connectivity index is 1.57. The number of aryl methyl sites for hydroxylation is 1. The van der Waals surface area contributed by atoms with Gasteiger partial charge in [0.25, 0.3) is 0 Å². The molecule has 2 heterocycles.